The van der Waals surface area contributed by atoms with Crippen molar-refractivity contribution in [3.05, 3.63) is 69.9 Å². The number of hydrogen-bond donors (Lipinski definition) is 5. The van der Waals surface area contributed by atoms with Crippen molar-refractivity contribution in [1.82, 2.24) is 35.7 Å². The molecule has 5 N–H and O–H groups in total. The third-order valence-electron chi connectivity index (χ3n) is 4.44. The van der Waals surface area contributed by atoms with Crippen LogP contribution in [0.2, 0.25) is 0 Å². The molecule has 0 saturated heterocycles. The van der Waals surface area contributed by atoms with E-state index >= 15 is 0 Å². The van der Waals surface area contributed by atoms with Gasteiger partial charge >= 0.3 is 0 Å². The molecule has 0 radical (unpaired) electrons. The molecule has 3 heterocycles. The van der Waals surface area contributed by atoms with Crippen molar-refractivity contribution in [2.24, 2.45) is 0 Å². The standard InChI is InChI=1S/C19H16F2N8O2/c1-22-16-14(10-3-5-13(30)23-8-10)15(26-27-16)17-25-18(29-28-17)19(31)24-7-9-2-4-11(20)12(21)6-9/h2-6,8H,7H2,1H3,(H,23,30)(H,24,31)(H2,22,26,27)(H,25,28,29). The molecule has 10 nitrogen and oxygen atoms in total. The zero-order chi connectivity index (χ0) is 22.0. The molecule has 0 unspecified atom stereocenters. The van der Waals surface area contributed by atoms with E-state index in [0.717, 1.165) is 12.1 Å². The van der Waals surface area contributed by atoms with Gasteiger partial charge in [0.05, 0.1) is 5.56 Å². The summed E-state index contributed by atoms with van der Waals surface area (Å²) in [6, 6.07) is 6.35. The summed E-state index contributed by atoms with van der Waals surface area (Å²) in [5.41, 5.74) is 1.82. The maximum atomic E-state index is 13.3. The number of nitrogens with one attached hydrogen (secondary N) is 5. The summed E-state index contributed by atoms with van der Waals surface area (Å²) in [7, 11) is 1.68. The van der Waals surface area contributed by atoms with Crippen LogP contribution in [-0.4, -0.2) is 43.3 Å². The Hall–Kier alpha value is -4.35. The summed E-state index contributed by atoms with van der Waals surface area (Å²) < 4.78 is 26.3. The number of hydrogen-bond acceptors (Lipinski definition) is 6. The van der Waals surface area contributed by atoms with Crippen molar-refractivity contribution >= 4 is 11.7 Å². The Kier molecular flexibility index (Phi) is 5.26. The Morgan fingerprint density at radius 3 is 2.65 bits per heavy atom. The molecule has 3 aromatic heterocycles. The van der Waals surface area contributed by atoms with Gasteiger partial charge in [-0.25, -0.2) is 13.8 Å². The van der Waals surface area contributed by atoms with Gasteiger partial charge in [0.15, 0.2) is 23.3 Å². The Bertz CT molecular complexity index is 1290. The van der Waals surface area contributed by atoms with E-state index in [4.69, 9.17) is 0 Å². The maximum absolute atomic E-state index is 13.3. The van der Waals surface area contributed by atoms with Crippen LogP contribution < -0.4 is 16.2 Å². The molecule has 0 aliphatic rings. The summed E-state index contributed by atoms with van der Waals surface area (Å²) in [5, 5.41) is 19.1. The number of amides is 1. The second kappa shape index (κ2) is 8.18. The number of aromatic nitrogens is 6. The largest absolute Gasteiger partial charge is 0.371 e. The van der Waals surface area contributed by atoms with Crippen molar-refractivity contribution in [3.63, 3.8) is 0 Å². The minimum Gasteiger partial charge on any atom is -0.371 e. The van der Waals surface area contributed by atoms with Crippen LogP contribution in [0.15, 0.2) is 41.3 Å². The molecule has 0 fully saturated rings. The molecule has 0 bridgehead atoms. The maximum Gasteiger partial charge on any atom is 0.288 e. The smallest absolute Gasteiger partial charge is 0.288 e. The fourth-order valence-corrected chi connectivity index (χ4v) is 2.92. The van der Waals surface area contributed by atoms with Gasteiger partial charge < -0.3 is 15.6 Å². The van der Waals surface area contributed by atoms with Gasteiger partial charge in [0.2, 0.25) is 11.4 Å². The predicted octanol–water partition coefficient (Wildman–Crippen LogP) is 1.80. The molecule has 158 valence electrons. The molecule has 4 aromatic rings. The lowest BCUT2D eigenvalue weighted by atomic mass is 10.1. The van der Waals surface area contributed by atoms with Gasteiger partial charge in [-0.15, -0.1) is 0 Å². The third-order valence-corrected chi connectivity index (χ3v) is 4.44. The van der Waals surface area contributed by atoms with Crippen LogP contribution >= 0.6 is 0 Å². The molecule has 0 atom stereocenters. The van der Waals surface area contributed by atoms with E-state index in [1.54, 1.807) is 13.1 Å². The average Bonchev–Trinajstić information content (AvgIpc) is 3.42. The van der Waals surface area contributed by atoms with Crippen molar-refractivity contribution in [2.75, 3.05) is 12.4 Å². The number of halogens is 2. The SMILES string of the molecule is CNc1n[nH]c(-c2n[nH]c(C(=O)NCc3ccc(F)c(F)c3)n2)c1-c1ccc(=O)[nH]c1. The molecule has 12 heteroatoms. The number of rotatable bonds is 6. The van der Waals surface area contributed by atoms with Gasteiger partial charge in [-0.3, -0.25) is 19.8 Å². The van der Waals surface area contributed by atoms with E-state index in [-0.39, 0.29) is 23.8 Å². The number of nitrogens with zero attached hydrogens (tertiary/aromatic N) is 3. The lowest BCUT2D eigenvalue weighted by molar-refractivity contribution is 0.0941. The van der Waals surface area contributed by atoms with Crippen LogP contribution in [0.5, 0.6) is 0 Å². The molecule has 31 heavy (non-hydrogen) atoms. The molecule has 4 rings (SSSR count). The summed E-state index contributed by atoms with van der Waals surface area (Å²) in [4.78, 5) is 30.5. The highest BCUT2D eigenvalue weighted by Crippen LogP contribution is 2.33. The Morgan fingerprint density at radius 2 is 1.94 bits per heavy atom. The average molecular weight is 426 g/mol. The van der Waals surface area contributed by atoms with Gasteiger partial charge in [0.1, 0.15) is 5.69 Å². The van der Waals surface area contributed by atoms with Crippen LogP contribution in [0.25, 0.3) is 22.6 Å². The van der Waals surface area contributed by atoms with Crippen LogP contribution in [0.4, 0.5) is 14.6 Å². The number of carbonyl (C=O) groups is 1. The van der Waals surface area contributed by atoms with Gasteiger partial charge in [0.25, 0.3) is 5.91 Å². The zero-order valence-corrected chi connectivity index (χ0v) is 16.1. The first-order valence-corrected chi connectivity index (χ1v) is 9.06. The summed E-state index contributed by atoms with van der Waals surface area (Å²) in [5.74, 6) is -1.95. The van der Waals surface area contributed by atoms with E-state index in [1.807, 2.05) is 0 Å². The van der Waals surface area contributed by atoms with Crippen LogP contribution in [0.3, 0.4) is 0 Å². The summed E-state index contributed by atoms with van der Waals surface area (Å²) in [6.45, 7) is -0.0251. The lowest BCUT2D eigenvalue weighted by Gasteiger charge is -2.04. The minimum atomic E-state index is -0.997. The molecule has 0 spiro atoms. The first-order valence-electron chi connectivity index (χ1n) is 9.06. The highest BCUT2D eigenvalue weighted by molar-refractivity contribution is 5.91. The normalized spacial score (nSPS) is 10.8. The number of aromatic amines is 3. The van der Waals surface area contributed by atoms with Gasteiger partial charge in [-0.2, -0.15) is 10.2 Å². The molecule has 0 aliphatic carbocycles. The fraction of sp³-hybridized carbons (Fsp3) is 0.105. The first kappa shape index (κ1) is 19.9. The minimum absolute atomic E-state index is 0.0251. The molecule has 1 aromatic carbocycles. The number of H-pyrrole nitrogens is 3. The van der Waals surface area contributed by atoms with Crippen molar-refractivity contribution in [3.8, 4) is 22.6 Å². The summed E-state index contributed by atoms with van der Waals surface area (Å²) >= 11 is 0. The Balaban J connectivity index is 1.56. The second-order valence-electron chi connectivity index (χ2n) is 6.45. The topological polar surface area (TPSA) is 144 Å². The highest BCUT2D eigenvalue weighted by atomic mass is 19.2. The van der Waals surface area contributed by atoms with Gasteiger partial charge in [-0.05, 0) is 23.8 Å². The quantitative estimate of drug-likeness (QED) is 0.318. The van der Waals surface area contributed by atoms with Crippen LogP contribution in [-0.2, 0) is 6.54 Å². The number of carbonyl (C=O) groups excluding carboxylic acids is 1. The van der Waals surface area contributed by atoms with Crippen molar-refractivity contribution < 1.29 is 13.6 Å². The van der Waals surface area contributed by atoms with E-state index in [0.29, 0.717) is 28.2 Å². The van der Waals surface area contributed by atoms with E-state index in [1.165, 1.54) is 18.3 Å². The second-order valence-corrected chi connectivity index (χ2v) is 6.45. The number of pyridine rings is 1. The predicted molar refractivity (Wildman–Crippen MR) is 107 cm³/mol. The molecular weight excluding hydrogens is 410 g/mol. The highest BCUT2D eigenvalue weighted by Gasteiger charge is 2.21. The molecule has 0 aliphatic heterocycles. The number of anilines is 1. The van der Waals surface area contributed by atoms with E-state index < -0.39 is 17.5 Å². The van der Waals surface area contributed by atoms with Gasteiger partial charge in [-0.1, -0.05) is 6.07 Å². The van der Waals surface area contributed by atoms with Crippen LogP contribution in [0, 0.1) is 11.6 Å². The Labute approximate surface area is 173 Å². The fourth-order valence-electron chi connectivity index (χ4n) is 2.92. The van der Waals surface area contributed by atoms with E-state index in [2.05, 4.69) is 41.0 Å². The van der Waals surface area contributed by atoms with Crippen molar-refractivity contribution in [1.29, 1.82) is 0 Å². The first-order chi connectivity index (χ1) is 15.0. The lowest BCUT2D eigenvalue weighted by Crippen LogP contribution is -2.24. The molecular formula is C19H16F2N8O2. The van der Waals surface area contributed by atoms with Crippen LogP contribution in [0.1, 0.15) is 16.2 Å². The zero-order valence-electron chi connectivity index (χ0n) is 16.1. The van der Waals surface area contributed by atoms with E-state index in [9.17, 15) is 18.4 Å². The monoisotopic (exact) mass is 426 g/mol. The van der Waals surface area contributed by atoms with Crippen molar-refractivity contribution in [2.45, 2.75) is 6.54 Å². The molecule has 0 saturated carbocycles. The van der Waals surface area contributed by atoms with Gasteiger partial charge in [0, 0.05) is 31.4 Å². The molecule has 1 amide bonds. The summed E-state index contributed by atoms with van der Waals surface area (Å²) in [6.07, 6.45) is 1.53. The Morgan fingerprint density at radius 1 is 1.10 bits per heavy atom. The number of benzene rings is 1. The third kappa shape index (κ3) is 4.03.